The molecule has 1 aliphatic rings. The Morgan fingerprint density at radius 2 is 2.00 bits per heavy atom. The molecular formula is C18H19F3N5O2P. The number of anilines is 1. The number of rotatable bonds is 4. The number of aliphatic hydroxyl groups is 1. The van der Waals surface area contributed by atoms with Crippen LogP contribution in [0.3, 0.4) is 0 Å². The third-order valence-corrected chi connectivity index (χ3v) is 6.45. The van der Waals surface area contributed by atoms with Crippen molar-refractivity contribution < 1.29 is 22.8 Å². The number of benzene rings is 1. The average molecular weight is 425 g/mol. The number of hydrogen-bond acceptors (Lipinski definition) is 6. The summed E-state index contributed by atoms with van der Waals surface area (Å²) in [7, 11) is -2.65. The van der Waals surface area contributed by atoms with Crippen molar-refractivity contribution in [3.05, 3.63) is 36.2 Å². The van der Waals surface area contributed by atoms with E-state index in [1.165, 1.54) is 11.2 Å². The summed E-state index contributed by atoms with van der Waals surface area (Å²) in [6.45, 7) is 4.96. The Bertz CT molecular complexity index is 1130. The van der Waals surface area contributed by atoms with Crippen LogP contribution in [0.1, 0.15) is 12.5 Å². The summed E-state index contributed by atoms with van der Waals surface area (Å²) >= 11 is 0. The Balaban J connectivity index is 1.88. The van der Waals surface area contributed by atoms with Crippen LogP contribution in [0.2, 0.25) is 0 Å². The second-order valence-electron chi connectivity index (χ2n) is 7.38. The Morgan fingerprint density at radius 3 is 2.59 bits per heavy atom. The second-order valence-corrected chi connectivity index (χ2v) is 10.6. The average Bonchev–Trinajstić information content (AvgIpc) is 3.04. The van der Waals surface area contributed by atoms with E-state index in [1.807, 2.05) is 0 Å². The van der Waals surface area contributed by atoms with Gasteiger partial charge in [0.15, 0.2) is 0 Å². The molecule has 3 N–H and O–H groups in total. The topological polar surface area (TPSA) is 93.9 Å². The van der Waals surface area contributed by atoms with Gasteiger partial charge >= 0.3 is 6.18 Å². The quantitative estimate of drug-likeness (QED) is 0.439. The first-order valence-corrected chi connectivity index (χ1v) is 11.4. The summed E-state index contributed by atoms with van der Waals surface area (Å²) in [6.07, 6.45) is -3.26. The maximum atomic E-state index is 13.6. The van der Waals surface area contributed by atoms with Crippen molar-refractivity contribution in [1.29, 1.82) is 0 Å². The summed E-state index contributed by atoms with van der Waals surface area (Å²) in [5.41, 5.74) is 2.19. The lowest BCUT2D eigenvalue weighted by Gasteiger charge is -2.14. The molecule has 3 heterocycles. The van der Waals surface area contributed by atoms with Crippen molar-refractivity contribution in [3.63, 3.8) is 0 Å². The van der Waals surface area contributed by atoms with Gasteiger partial charge in [-0.05, 0) is 26.3 Å². The maximum absolute atomic E-state index is 13.6. The van der Waals surface area contributed by atoms with Gasteiger partial charge in [0.25, 0.3) is 0 Å². The molecule has 1 aliphatic heterocycles. The van der Waals surface area contributed by atoms with E-state index in [2.05, 4.69) is 20.4 Å². The number of halogens is 3. The zero-order valence-electron chi connectivity index (χ0n) is 15.8. The number of alkyl halides is 3. The predicted molar refractivity (Wildman–Crippen MR) is 104 cm³/mol. The highest BCUT2D eigenvalue weighted by atomic mass is 31.2. The van der Waals surface area contributed by atoms with Crippen molar-refractivity contribution in [3.8, 4) is 11.3 Å². The third kappa shape index (κ3) is 3.52. The minimum atomic E-state index is -4.66. The number of fused-ring (bicyclic) bond motifs is 1. The van der Waals surface area contributed by atoms with Gasteiger partial charge in [-0.2, -0.15) is 18.2 Å². The molecule has 0 radical (unpaired) electrons. The lowest BCUT2D eigenvalue weighted by molar-refractivity contribution is -0.137. The van der Waals surface area contributed by atoms with Gasteiger partial charge in [-0.25, -0.2) is 9.97 Å². The molecule has 0 bridgehead atoms. The van der Waals surface area contributed by atoms with Crippen LogP contribution >= 0.6 is 7.14 Å². The largest absolute Gasteiger partial charge is 0.419 e. The van der Waals surface area contributed by atoms with Gasteiger partial charge < -0.3 is 14.7 Å². The van der Waals surface area contributed by atoms with Crippen LogP contribution in [-0.2, 0) is 10.7 Å². The fourth-order valence-electron chi connectivity index (χ4n) is 3.25. The van der Waals surface area contributed by atoms with Gasteiger partial charge in [0.05, 0.1) is 17.3 Å². The van der Waals surface area contributed by atoms with Gasteiger partial charge in [-0.3, -0.25) is 5.43 Å². The number of para-hydroxylation sites is 1. The van der Waals surface area contributed by atoms with Crippen molar-refractivity contribution in [1.82, 2.24) is 20.0 Å². The first-order valence-electron chi connectivity index (χ1n) is 8.82. The maximum Gasteiger partial charge on any atom is 0.419 e. The monoisotopic (exact) mass is 425 g/mol. The van der Waals surface area contributed by atoms with Gasteiger partial charge in [0.1, 0.15) is 18.9 Å². The number of aromatic nitrogens is 3. The van der Waals surface area contributed by atoms with E-state index in [1.54, 1.807) is 38.5 Å². The van der Waals surface area contributed by atoms with Crippen LogP contribution in [0.5, 0.6) is 0 Å². The number of nitrogens with zero attached hydrogens (tertiary/aromatic N) is 3. The van der Waals surface area contributed by atoms with Crippen molar-refractivity contribution in [2.75, 3.05) is 18.8 Å². The fourth-order valence-corrected chi connectivity index (χ4v) is 4.42. The molecule has 1 saturated heterocycles. The van der Waals surface area contributed by atoms with Crippen molar-refractivity contribution in [2.24, 2.45) is 0 Å². The summed E-state index contributed by atoms with van der Waals surface area (Å²) < 4.78 is 53.5. The number of hydrogen-bond donors (Lipinski definition) is 3. The third-order valence-electron chi connectivity index (χ3n) is 4.92. The molecule has 1 aromatic carbocycles. The molecule has 11 heteroatoms. The lowest BCUT2D eigenvalue weighted by Crippen LogP contribution is -2.16. The Morgan fingerprint density at radius 1 is 1.31 bits per heavy atom. The number of H-pyrrole nitrogens is 1. The standard InChI is InChI=1S/C18H19F3N5O2P/c1-9-16(27)26(9)25-17-23-8-12(18(19,20)21)14(24-17)11-7-22-15-10(11)5-4-6-13(15)29(2,3)28/h4-9,16,22,27H,1-3H3,(H,23,24,25)/t9-,16-,26?/m0/s1. The van der Waals surface area contributed by atoms with E-state index in [0.29, 0.717) is 16.2 Å². The zero-order valence-corrected chi connectivity index (χ0v) is 16.7. The molecule has 3 atom stereocenters. The molecule has 29 heavy (non-hydrogen) atoms. The van der Waals surface area contributed by atoms with Crippen LogP contribution < -0.4 is 10.7 Å². The van der Waals surface area contributed by atoms with Crippen LogP contribution in [0.15, 0.2) is 30.6 Å². The van der Waals surface area contributed by atoms with Gasteiger partial charge in [0, 0.05) is 28.6 Å². The molecule has 1 unspecified atom stereocenters. The van der Waals surface area contributed by atoms with Gasteiger partial charge in [0.2, 0.25) is 5.95 Å². The van der Waals surface area contributed by atoms with E-state index in [-0.39, 0.29) is 23.2 Å². The molecular weight excluding hydrogens is 406 g/mol. The highest BCUT2D eigenvalue weighted by molar-refractivity contribution is 7.70. The summed E-state index contributed by atoms with van der Waals surface area (Å²) in [5, 5.41) is 12.1. The molecule has 154 valence electrons. The summed E-state index contributed by atoms with van der Waals surface area (Å²) in [6, 6.07) is 4.83. The van der Waals surface area contributed by atoms with Crippen LogP contribution in [0.25, 0.3) is 22.2 Å². The highest BCUT2D eigenvalue weighted by Gasteiger charge is 2.44. The Hall–Kier alpha value is -2.42. The zero-order chi connectivity index (χ0) is 21.1. The minimum absolute atomic E-state index is 0.0569. The Kier molecular flexibility index (Phi) is 4.49. The molecule has 0 saturated carbocycles. The summed E-state index contributed by atoms with van der Waals surface area (Å²) in [4.78, 5) is 10.8. The van der Waals surface area contributed by atoms with Crippen LogP contribution in [-0.4, -0.2) is 50.7 Å². The molecule has 0 amide bonds. The molecule has 0 aliphatic carbocycles. The number of nitrogens with one attached hydrogen (secondary N) is 2. The normalized spacial score (nSPS) is 22.1. The van der Waals surface area contributed by atoms with Crippen LogP contribution in [0, 0.1) is 0 Å². The molecule has 3 aromatic rings. The smallest absolute Gasteiger partial charge is 0.375 e. The molecule has 0 spiro atoms. The summed E-state index contributed by atoms with van der Waals surface area (Å²) in [5.74, 6) is -0.0569. The Labute approximate surface area is 164 Å². The van der Waals surface area contributed by atoms with Gasteiger partial charge in [-0.15, -0.1) is 0 Å². The molecule has 7 nitrogen and oxygen atoms in total. The predicted octanol–water partition coefficient (Wildman–Crippen LogP) is 3.24. The van der Waals surface area contributed by atoms with Gasteiger partial charge in [-0.1, -0.05) is 12.1 Å². The minimum Gasteiger partial charge on any atom is -0.375 e. The van der Waals surface area contributed by atoms with Crippen molar-refractivity contribution >= 4 is 29.3 Å². The number of hydrazine groups is 1. The van der Waals surface area contributed by atoms with Crippen molar-refractivity contribution in [2.45, 2.75) is 25.4 Å². The van der Waals surface area contributed by atoms with E-state index in [0.717, 1.165) is 6.20 Å². The first-order chi connectivity index (χ1) is 13.5. The lowest BCUT2D eigenvalue weighted by atomic mass is 10.1. The number of aromatic amines is 1. The highest BCUT2D eigenvalue weighted by Crippen LogP contribution is 2.42. The second kappa shape index (κ2) is 6.55. The van der Waals surface area contributed by atoms with E-state index < -0.39 is 25.1 Å². The van der Waals surface area contributed by atoms with E-state index in [9.17, 15) is 22.8 Å². The SMILES string of the molecule is C[C@H]1[C@H](O)N1Nc1ncc(C(F)(F)F)c(-c2c[nH]c3c(P(C)(C)=O)cccc23)n1. The number of aliphatic hydroxyl groups excluding tert-OH is 1. The molecule has 4 rings (SSSR count). The first kappa shape index (κ1) is 19.9. The molecule has 1 fully saturated rings. The fraction of sp³-hybridized carbons (Fsp3) is 0.333. The molecule has 2 aromatic heterocycles. The van der Waals surface area contributed by atoms with E-state index in [4.69, 9.17) is 0 Å². The van der Waals surface area contributed by atoms with Crippen LogP contribution in [0.4, 0.5) is 19.1 Å². The van der Waals surface area contributed by atoms with E-state index >= 15 is 0 Å².